The number of nitrogens with two attached hydrogens (primary N) is 1. The molecule has 3 atom stereocenters. The van der Waals surface area contributed by atoms with Gasteiger partial charge in [0.25, 0.3) is 0 Å². The van der Waals surface area contributed by atoms with Crippen molar-refractivity contribution in [2.45, 2.75) is 83.7 Å². The van der Waals surface area contributed by atoms with E-state index in [1.807, 2.05) is 0 Å². The summed E-state index contributed by atoms with van der Waals surface area (Å²) < 4.78 is 0. The summed E-state index contributed by atoms with van der Waals surface area (Å²) in [5.74, 6) is 0.891. The van der Waals surface area contributed by atoms with Crippen molar-refractivity contribution in [3.8, 4) is 0 Å². The van der Waals surface area contributed by atoms with Gasteiger partial charge in [0.15, 0.2) is 0 Å². The minimum Gasteiger partial charge on any atom is -0.329 e. The van der Waals surface area contributed by atoms with Crippen molar-refractivity contribution in [3.63, 3.8) is 0 Å². The van der Waals surface area contributed by atoms with E-state index in [-0.39, 0.29) is 5.54 Å². The molecule has 0 aliphatic heterocycles. The molecular weight excluding hydrogens is 232 g/mol. The van der Waals surface area contributed by atoms with E-state index >= 15 is 0 Å². The highest BCUT2D eigenvalue weighted by Crippen LogP contribution is 2.48. The van der Waals surface area contributed by atoms with Crippen LogP contribution in [0.15, 0.2) is 0 Å². The number of nitrogens with zero attached hydrogens (tertiary/aromatic N) is 1. The Morgan fingerprint density at radius 1 is 1.11 bits per heavy atom. The van der Waals surface area contributed by atoms with Crippen LogP contribution in [0, 0.1) is 11.3 Å². The molecule has 19 heavy (non-hydrogen) atoms. The van der Waals surface area contributed by atoms with Gasteiger partial charge in [-0.15, -0.1) is 0 Å². The molecule has 2 aliphatic carbocycles. The van der Waals surface area contributed by atoms with Crippen LogP contribution in [0.5, 0.6) is 0 Å². The van der Waals surface area contributed by atoms with Gasteiger partial charge in [0.05, 0.1) is 0 Å². The van der Waals surface area contributed by atoms with Crippen molar-refractivity contribution in [1.82, 2.24) is 4.90 Å². The second-order valence-corrected chi connectivity index (χ2v) is 7.86. The highest BCUT2D eigenvalue weighted by Gasteiger charge is 2.50. The number of hydrogen-bond donors (Lipinski definition) is 1. The fourth-order valence-corrected chi connectivity index (χ4v) is 4.83. The molecule has 2 rings (SSSR count). The summed E-state index contributed by atoms with van der Waals surface area (Å²) in [5, 5.41) is 0. The van der Waals surface area contributed by atoms with Gasteiger partial charge < -0.3 is 5.73 Å². The van der Waals surface area contributed by atoms with Crippen molar-refractivity contribution < 1.29 is 0 Å². The van der Waals surface area contributed by atoms with E-state index in [1.54, 1.807) is 0 Å². The average Bonchev–Trinajstić information content (AvgIpc) is 2.38. The lowest BCUT2D eigenvalue weighted by Gasteiger charge is -2.58. The second kappa shape index (κ2) is 5.73. The standard InChI is InChI=1S/C17H34N2/c1-14-8-7-9-15(12-14)19(4)17(13-18)11-6-5-10-16(17,2)3/h14-15H,5-13,18H2,1-4H3. The molecule has 0 spiro atoms. The van der Waals surface area contributed by atoms with E-state index in [0.717, 1.165) is 18.5 Å². The average molecular weight is 266 g/mol. The molecule has 0 aromatic carbocycles. The molecule has 3 unspecified atom stereocenters. The lowest BCUT2D eigenvalue weighted by atomic mass is 9.61. The molecule has 2 fully saturated rings. The summed E-state index contributed by atoms with van der Waals surface area (Å²) >= 11 is 0. The minimum absolute atomic E-state index is 0.229. The topological polar surface area (TPSA) is 29.3 Å². The SMILES string of the molecule is CC1CCCC(N(C)C2(CN)CCCCC2(C)C)C1. The van der Waals surface area contributed by atoms with Gasteiger partial charge in [-0.05, 0) is 44.1 Å². The van der Waals surface area contributed by atoms with E-state index in [1.165, 1.54) is 51.4 Å². The van der Waals surface area contributed by atoms with Crippen LogP contribution in [0.2, 0.25) is 0 Å². The Morgan fingerprint density at radius 3 is 2.37 bits per heavy atom. The van der Waals surface area contributed by atoms with Gasteiger partial charge in [-0.1, -0.05) is 46.5 Å². The van der Waals surface area contributed by atoms with E-state index in [0.29, 0.717) is 5.41 Å². The highest BCUT2D eigenvalue weighted by molar-refractivity contribution is 5.06. The van der Waals surface area contributed by atoms with Crippen LogP contribution in [0.1, 0.15) is 72.1 Å². The third kappa shape index (κ3) is 2.71. The third-order valence-electron chi connectivity index (χ3n) is 6.37. The molecule has 0 heterocycles. The van der Waals surface area contributed by atoms with Crippen LogP contribution in [0.25, 0.3) is 0 Å². The predicted molar refractivity (Wildman–Crippen MR) is 83.2 cm³/mol. The van der Waals surface area contributed by atoms with Crippen molar-refractivity contribution in [3.05, 3.63) is 0 Å². The Balaban J connectivity index is 2.19. The van der Waals surface area contributed by atoms with Crippen LogP contribution in [-0.4, -0.2) is 30.1 Å². The first-order valence-corrected chi connectivity index (χ1v) is 8.36. The minimum atomic E-state index is 0.229. The zero-order chi connectivity index (χ0) is 14.1. The molecule has 2 heteroatoms. The third-order valence-corrected chi connectivity index (χ3v) is 6.37. The van der Waals surface area contributed by atoms with Crippen LogP contribution < -0.4 is 5.73 Å². The fourth-order valence-electron chi connectivity index (χ4n) is 4.83. The van der Waals surface area contributed by atoms with Gasteiger partial charge in [0.2, 0.25) is 0 Å². The lowest BCUT2D eigenvalue weighted by molar-refractivity contribution is -0.0623. The van der Waals surface area contributed by atoms with Gasteiger partial charge in [-0.25, -0.2) is 0 Å². The maximum atomic E-state index is 6.31. The fraction of sp³-hybridized carbons (Fsp3) is 1.00. The Labute approximate surface area is 120 Å². The molecule has 0 amide bonds. The molecule has 112 valence electrons. The summed E-state index contributed by atoms with van der Waals surface area (Å²) in [7, 11) is 2.36. The first-order chi connectivity index (χ1) is 8.93. The maximum Gasteiger partial charge on any atom is 0.0382 e. The van der Waals surface area contributed by atoms with Crippen LogP contribution in [-0.2, 0) is 0 Å². The van der Waals surface area contributed by atoms with Crippen LogP contribution in [0.3, 0.4) is 0 Å². The number of hydrogen-bond acceptors (Lipinski definition) is 2. The molecule has 0 bridgehead atoms. The monoisotopic (exact) mass is 266 g/mol. The molecule has 2 nitrogen and oxygen atoms in total. The first-order valence-electron chi connectivity index (χ1n) is 8.36. The quantitative estimate of drug-likeness (QED) is 0.842. The van der Waals surface area contributed by atoms with Crippen LogP contribution >= 0.6 is 0 Å². The Morgan fingerprint density at radius 2 is 1.79 bits per heavy atom. The Bertz CT molecular complexity index is 300. The van der Waals surface area contributed by atoms with E-state index in [4.69, 9.17) is 5.73 Å². The zero-order valence-corrected chi connectivity index (χ0v) is 13.5. The second-order valence-electron chi connectivity index (χ2n) is 7.86. The molecule has 0 radical (unpaired) electrons. The highest BCUT2D eigenvalue weighted by atomic mass is 15.2. The summed E-state index contributed by atoms with van der Waals surface area (Å²) in [6.45, 7) is 8.13. The normalized spacial score (nSPS) is 39.5. The molecule has 2 saturated carbocycles. The molecule has 0 aromatic heterocycles. The summed E-state index contributed by atoms with van der Waals surface area (Å²) in [4.78, 5) is 2.71. The van der Waals surface area contributed by atoms with Crippen molar-refractivity contribution in [1.29, 1.82) is 0 Å². The van der Waals surface area contributed by atoms with Gasteiger partial charge in [0, 0.05) is 18.1 Å². The Hall–Kier alpha value is -0.0800. The molecule has 2 N–H and O–H groups in total. The smallest absolute Gasteiger partial charge is 0.0382 e. The lowest BCUT2D eigenvalue weighted by Crippen LogP contribution is -2.65. The van der Waals surface area contributed by atoms with E-state index < -0.39 is 0 Å². The summed E-state index contributed by atoms with van der Waals surface area (Å²) in [6, 6.07) is 0.754. The predicted octanol–water partition coefficient (Wildman–Crippen LogP) is 3.79. The molecule has 2 aliphatic rings. The van der Waals surface area contributed by atoms with Crippen molar-refractivity contribution in [2.24, 2.45) is 17.1 Å². The maximum absolute atomic E-state index is 6.31. The van der Waals surface area contributed by atoms with Crippen molar-refractivity contribution >= 4 is 0 Å². The van der Waals surface area contributed by atoms with Gasteiger partial charge >= 0.3 is 0 Å². The number of likely N-dealkylation sites (N-methyl/N-ethyl adjacent to an activating group) is 1. The largest absolute Gasteiger partial charge is 0.329 e. The van der Waals surface area contributed by atoms with Gasteiger partial charge in [-0.2, -0.15) is 0 Å². The summed E-state index contributed by atoms with van der Waals surface area (Å²) in [6.07, 6.45) is 10.9. The molecular formula is C17H34N2. The van der Waals surface area contributed by atoms with Crippen molar-refractivity contribution in [2.75, 3.05) is 13.6 Å². The Kier molecular flexibility index (Phi) is 4.62. The molecule has 0 aromatic rings. The first kappa shape index (κ1) is 15.3. The number of rotatable bonds is 3. The van der Waals surface area contributed by atoms with E-state index in [9.17, 15) is 0 Å². The van der Waals surface area contributed by atoms with Crippen LogP contribution in [0.4, 0.5) is 0 Å². The van der Waals surface area contributed by atoms with E-state index in [2.05, 4.69) is 32.7 Å². The van der Waals surface area contributed by atoms with Gasteiger partial charge in [0.1, 0.15) is 0 Å². The van der Waals surface area contributed by atoms with Gasteiger partial charge in [-0.3, -0.25) is 4.90 Å². The zero-order valence-electron chi connectivity index (χ0n) is 13.5. The molecule has 0 saturated heterocycles. The summed E-state index contributed by atoms with van der Waals surface area (Å²) in [5.41, 5.74) is 6.90.